The van der Waals surface area contributed by atoms with Gasteiger partial charge in [0, 0.05) is 11.8 Å². The first-order chi connectivity index (χ1) is 8.28. The van der Waals surface area contributed by atoms with Gasteiger partial charge in [-0.2, -0.15) is 0 Å². The standard InChI is InChI=1S/C11H13NO5S/c1-18(16,17)7-8-2-4-9(5-3-8)11(15)12-6-10(13)14/h2-5H,6-7H2,1H3,(H,12,15)(H,13,14). The largest absolute Gasteiger partial charge is 0.480 e. The summed E-state index contributed by atoms with van der Waals surface area (Å²) in [5, 5.41) is 10.6. The van der Waals surface area contributed by atoms with E-state index in [0.717, 1.165) is 6.26 Å². The average molecular weight is 271 g/mol. The fourth-order valence-electron chi connectivity index (χ4n) is 1.31. The number of nitrogens with one attached hydrogen (secondary N) is 1. The number of carboxylic acid groups (broad SMARTS) is 1. The molecule has 2 N–H and O–H groups in total. The van der Waals surface area contributed by atoms with Gasteiger partial charge in [-0.25, -0.2) is 8.42 Å². The Labute approximate surface area is 105 Å². The van der Waals surface area contributed by atoms with Gasteiger partial charge in [0.2, 0.25) is 0 Å². The molecule has 98 valence electrons. The molecule has 0 aliphatic carbocycles. The van der Waals surface area contributed by atoms with Gasteiger partial charge in [0.05, 0.1) is 5.75 Å². The number of hydrogen-bond donors (Lipinski definition) is 2. The van der Waals surface area contributed by atoms with E-state index in [2.05, 4.69) is 5.32 Å². The van der Waals surface area contributed by atoms with E-state index in [1.807, 2.05) is 0 Å². The lowest BCUT2D eigenvalue weighted by molar-refractivity contribution is -0.135. The summed E-state index contributed by atoms with van der Waals surface area (Å²) >= 11 is 0. The van der Waals surface area contributed by atoms with E-state index in [4.69, 9.17) is 5.11 Å². The number of carbonyl (C=O) groups excluding carboxylic acids is 1. The molecule has 0 unspecified atom stereocenters. The van der Waals surface area contributed by atoms with Gasteiger partial charge in [-0.15, -0.1) is 0 Å². The number of benzene rings is 1. The van der Waals surface area contributed by atoms with Crippen LogP contribution in [0.3, 0.4) is 0 Å². The molecule has 0 saturated carbocycles. The molecule has 0 atom stereocenters. The summed E-state index contributed by atoms with van der Waals surface area (Å²) in [5.74, 6) is -1.73. The van der Waals surface area contributed by atoms with Crippen LogP contribution in [0, 0.1) is 0 Å². The van der Waals surface area contributed by atoms with Crippen LogP contribution in [0.25, 0.3) is 0 Å². The monoisotopic (exact) mass is 271 g/mol. The molecule has 1 aromatic carbocycles. The second-order valence-electron chi connectivity index (χ2n) is 3.84. The molecule has 0 aliphatic rings. The van der Waals surface area contributed by atoms with Crippen molar-refractivity contribution < 1.29 is 23.1 Å². The molecule has 1 aromatic rings. The molecular formula is C11H13NO5S. The zero-order valence-corrected chi connectivity index (χ0v) is 10.5. The van der Waals surface area contributed by atoms with E-state index in [0.29, 0.717) is 5.56 Å². The highest BCUT2D eigenvalue weighted by molar-refractivity contribution is 7.89. The Morgan fingerprint density at radius 3 is 2.22 bits per heavy atom. The van der Waals surface area contributed by atoms with E-state index < -0.39 is 28.3 Å². The van der Waals surface area contributed by atoms with Gasteiger partial charge in [0.15, 0.2) is 9.84 Å². The van der Waals surface area contributed by atoms with Crippen molar-refractivity contribution in [3.05, 3.63) is 35.4 Å². The SMILES string of the molecule is CS(=O)(=O)Cc1ccc(C(=O)NCC(=O)O)cc1. The van der Waals surface area contributed by atoms with E-state index in [1.54, 1.807) is 0 Å². The first kappa shape index (κ1) is 14.2. The fourth-order valence-corrected chi connectivity index (χ4v) is 2.11. The number of hydrogen-bond acceptors (Lipinski definition) is 4. The second-order valence-corrected chi connectivity index (χ2v) is 5.98. The van der Waals surface area contributed by atoms with Gasteiger partial charge in [0.1, 0.15) is 6.54 Å². The predicted octanol–water partition coefficient (Wildman–Crippen LogP) is 0.0456. The molecule has 6 nitrogen and oxygen atoms in total. The minimum atomic E-state index is -3.11. The highest BCUT2D eigenvalue weighted by atomic mass is 32.2. The van der Waals surface area contributed by atoms with Crippen molar-refractivity contribution in [2.45, 2.75) is 5.75 Å². The Kier molecular flexibility index (Phi) is 4.43. The lowest BCUT2D eigenvalue weighted by atomic mass is 10.1. The second kappa shape index (κ2) is 5.63. The lowest BCUT2D eigenvalue weighted by Crippen LogP contribution is -2.29. The van der Waals surface area contributed by atoms with E-state index in [1.165, 1.54) is 24.3 Å². The quantitative estimate of drug-likeness (QED) is 0.787. The first-order valence-electron chi connectivity index (χ1n) is 5.04. The van der Waals surface area contributed by atoms with Crippen LogP contribution in [0.2, 0.25) is 0 Å². The van der Waals surface area contributed by atoms with Crippen LogP contribution >= 0.6 is 0 Å². The molecule has 1 rings (SSSR count). The average Bonchev–Trinajstić information content (AvgIpc) is 2.24. The van der Waals surface area contributed by atoms with Crippen LogP contribution in [-0.2, 0) is 20.4 Å². The molecule has 0 aliphatic heterocycles. The van der Waals surface area contributed by atoms with E-state index >= 15 is 0 Å². The van der Waals surface area contributed by atoms with Crippen molar-refractivity contribution in [2.75, 3.05) is 12.8 Å². The smallest absolute Gasteiger partial charge is 0.322 e. The molecular weight excluding hydrogens is 258 g/mol. The third-order valence-corrected chi connectivity index (χ3v) is 2.90. The highest BCUT2D eigenvalue weighted by Crippen LogP contribution is 2.07. The number of rotatable bonds is 5. The van der Waals surface area contributed by atoms with Crippen LogP contribution in [0.5, 0.6) is 0 Å². The van der Waals surface area contributed by atoms with Crippen molar-refractivity contribution in [3.63, 3.8) is 0 Å². The zero-order valence-electron chi connectivity index (χ0n) is 9.71. The Morgan fingerprint density at radius 2 is 1.78 bits per heavy atom. The summed E-state index contributed by atoms with van der Waals surface area (Å²) < 4.78 is 22.1. The van der Waals surface area contributed by atoms with Crippen LogP contribution in [0.4, 0.5) is 0 Å². The van der Waals surface area contributed by atoms with Gasteiger partial charge < -0.3 is 10.4 Å². The molecule has 0 heterocycles. The van der Waals surface area contributed by atoms with Gasteiger partial charge in [0.25, 0.3) is 5.91 Å². The molecule has 0 spiro atoms. The summed E-state index contributed by atoms with van der Waals surface area (Å²) in [6, 6.07) is 5.96. The van der Waals surface area contributed by atoms with Crippen molar-refractivity contribution in [1.29, 1.82) is 0 Å². The molecule has 0 aromatic heterocycles. The first-order valence-corrected chi connectivity index (χ1v) is 7.10. The van der Waals surface area contributed by atoms with E-state index in [9.17, 15) is 18.0 Å². The summed E-state index contributed by atoms with van der Waals surface area (Å²) in [7, 11) is -3.11. The molecule has 0 bridgehead atoms. The molecule has 1 amide bonds. The van der Waals surface area contributed by atoms with Gasteiger partial charge in [-0.05, 0) is 17.7 Å². The number of carbonyl (C=O) groups is 2. The molecule has 0 fully saturated rings. The third-order valence-electron chi connectivity index (χ3n) is 2.05. The minimum Gasteiger partial charge on any atom is -0.480 e. The molecule has 0 saturated heterocycles. The maximum absolute atomic E-state index is 11.5. The Morgan fingerprint density at radius 1 is 1.22 bits per heavy atom. The van der Waals surface area contributed by atoms with Crippen molar-refractivity contribution in [3.8, 4) is 0 Å². The number of amides is 1. The predicted molar refractivity (Wildman–Crippen MR) is 65.0 cm³/mol. The Balaban J connectivity index is 2.71. The number of aliphatic carboxylic acids is 1. The molecule has 0 radical (unpaired) electrons. The van der Waals surface area contributed by atoms with Gasteiger partial charge >= 0.3 is 5.97 Å². The lowest BCUT2D eigenvalue weighted by Gasteiger charge is -2.04. The summed E-state index contributed by atoms with van der Waals surface area (Å²) in [6.45, 7) is -0.454. The fraction of sp³-hybridized carbons (Fsp3) is 0.273. The van der Waals surface area contributed by atoms with Crippen LogP contribution in [0.1, 0.15) is 15.9 Å². The third kappa shape index (κ3) is 4.96. The summed E-state index contributed by atoms with van der Waals surface area (Å²) in [6.07, 6.45) is 1.13. The van der Waals surface area contributed by atoms with Crippen LogP contribution in [0.15, 0.2) is 24.3 Å². The maximum Gasteiger partial charge on any atom is 0.322 e. The number of sulfone groups is 1. The van der Waals surface area contributed by atoms with Crippen molar-refractivity contribution in [2.24, 2.45) is 0 Å². The van der Waals surface area contributed by atoms with Crippen molar-refractivity contribution in [1.82, 2.24) is 5.32 Å². The summed E-state index contributed by atoms with van der Waals surface area (Å²) in [4.78, 5) is 21.7. The zero-order chi connectivity index (χ0) is 13.8. The van der Waals surface area contributed by atoms with Gasteiger partial charge in [-0.1, -0.05) is 12.1 Å². The number of carboxylic acids is 1. The highest BCUT2D eigenvalue weighted by Gasteiger charge is 2.08. The van der Waals surface area contributed by atoms with Crippen molar-refractivity contribution >= 4 is 21.7 Å². The van der Waals surface area contributed by atoms with Gasteiger partial charge in [-0.3, -0.25) is 9.59 Å². The maximum atomic E-state index is 11.5. The van der Waals surface area contributed by atoms with Crippen LogP contribution < -0.4 is 5.32 Å². The minimum absolute atomic E-state index is 0.0932. The van der Waals surface area contributed by atoms with E-state index in [-0.39, 0.29) is 11.3 Å². The molecule has 18 heavy (non-hydrogen) atoms. The summed E-state index contributed by atoms with van der Waals surface area (Å²) in [5.41, 5.74) is 0.862. The Hall–Kier alpha value is -1.89. The van der Waals surface area contributed by atoms with Crippen LogP contribution in [-0.4, -0.2) is 38.2 Å². The molecule has 7 heteroatoms. The Bertz CT molecular complexity index is 547. The normalized spacial score (nSPS) is 10.9. The topological polar surface area (TPSA) is 101 Å².